The van der Waals surface area contributed by atoms with E-state index in [2.05, 4.69) is 9.72 Å². The predicted octanol–water partition coefficient (Wildman–Crippen LogP) is 1.78. The lowest BCUT2D eigenvalue weighted by atomic mass is 10.2. The van der Waals surface area contributed by atoms with Gasteiger partial charge in [0, 0.05) is 5.39 Å². The van der Waals surface area contributed by atoms with Gasteiger partial charge < -0.3 is 4.74 Å². The lowest BCUT2D eigenvalue weighted by Crippen LogP contribution is -2.22. The van der Waals surface area contributed by atoms with Gasteiger partial charge in [-0.1, -0.05) is 18.2 Å². The number of nitrogens with zero attached hydrogens (tertiary/aromatic N) is 1. The lowest BCUT2D eigenvalue weighted by Gasteiger charge is -2.12. The fourth-order valence-corrected chi connectivity index (χ4v) is 2.09. The van der Waals surface area contributed by atoms with E-state index in [9.17, 15) is 21.6 Å². The molecule has 2 N–H and O–H groups in total. The van der Waals surface area contributed by atoms with E-state index < -0.39 is 27.2 Å². The molecule has 0 aliphatic rings. The summed E-state index contributed by atoms with van der Waals surface area (Å²) in [4.78, 5) is 2.71. The maximum atomic E-state index is 12.2. The van der Waals surface area contributed by atoms with Crippen molar-refractivity contribution in [3.8, 4) is 5.88 Å². The fraction of sp³-hybridized carbons (Fsp3) is 0.100. The van der Waals surface area contributed by atoms with E-state index in [1.165, 1.54) is 12.1 Å². The standard InChI is InChI=1S/C10H7F3N2O3S/c11-10(12,13)18-9-8(19(14,16)17)5-6-3-1-2-4-7(6)15-9/h1-5H,(H2,14,16,17). The molecule has 0 unspecified atom stereocenters. The van der Waals surface area contributed by atoms with E-state index in [0.29, 0.717) is 5.39 Å². The molecule has 0 bridgehead atoms. The highest BCUT2D eigenvalue weighted by Gasteiger charge is 2.34. The molecule has 1 heterocycles. The number of pyridine rings is 1. The van der Waals surface area contributed by atoms with E-state index in [-0.39, 0.29) is 5.52 Å². The topological polar surface area (TPSA) is 82.3 Å². The fourth-order valence-electron chi connectivity index (χ4n) is 1.47. The molecular formula is C10H7F3N2O3S. The molecule has 0 saturated heterocycles. The number of primary sulfonamides is 1. The molecule has 0 aliphatic carbocycles. The van der Waals surface area contributed by atoms with E-state index in [0.717, 1.165) is 6.07 Å². The molecule has 0 atom stereocenters. The Morgan fingerprint density at radius 1 is 1.21 bits per heavy atom. The van der Waals surface area contributed by atoms with Crippen molar-refractivity contribution >= 4 is 20.9 Å². The summed E-state index contributed by atoms with van der Waals surface area (Å²) in [5.41, 5.74) is 0.161. The molecule has 0 amide bonds. The number of hydrogen-bond acceptors (Lipinski definition) is 4. The zero-order chi connectivity index (χ0) is 14.3. The minimum atomic E-state index is -5.06. The first-order valence-corrected chi connectivity index (χ1v) is 6.40. The third-order valence-corrected chi connectivity index (χ3v) is 3.08. The summed E-state index contributed by atoms with van der Waals surface area (Å²) in [6.07, 6.45) is -5.06. The monoisotopic (exact) mass is 292 g/mol. The molecule has 0 saturated carbocycles. The van der Waals surface area contributed by atoms with Crippen LogP contribution in [-0.4, -0.2) is 19.8 Å². The number of alkyl halides is 3. The minimum absolute atomic E-state index is 0.161. The first-order chi connectivity index (χ1) is 8.67. The molecule has 102 valence electrons. The van der Waals surface area contributed by atoms with Crippen LogP contribution in [0.3, 0.4) is 0 Å². The summed E-state index contributed by atoms with van der Waals surface area (Å²) >= 11 is 0. The van der Waals surface area contributed by atoms with Gasteiger partial charge in [-0.05, 0) is 12.1 Å². The number of halogens is 3. The maximum absolute atomic E-state index is 12.2. The average Bonchev–Trinajstić information content (AvgIpc) is 2.24. The number of fused-ring (bicyclic) bond motifs is 1. The molecule has 0 radical (unpaired) electrons. The molecular weight excluding hydrogens is 285 g/mol. The van der Waals surface area contributed by atoms with Crippen LogP contribution in [0.25, 0.3) is 10.9 Å². The van der Waals surface area contributed by atoms with Crippen molar-refractivity contribution < 1.29 is 26.3 Å². The van der Waals surface area contributed by atoms with Gasteiger partial charge in [0.25, 0.3) is 0 Å². The van der Waals surface area contributed by atoms with Gasteiger partial charge in [-0.2, -0.15) is 0 Å². The molecule has 0 spiro atoms. The van der Waals surface area contributed by atoms with Crippen LogP contribution >= 0.6 is 0 Å². The lowest BCUT2D eigenvalue weighted by molar-refractivity contribution is -0.277. The van der Waals surface area contributed by atoms with Crippen molar-refractivity contribution in [2.75, 3.05) is 0 Å². The highest BCUT2D eigenvalue weighted by Crippen LogP contribution is 2.29. The Morgan fingerprint density at radius 2 is 1.84 bits per heavy atom. The molecule has 9 heteroatoms. The first-order valence-electron chi connectivity index (χ1n) is 4.85. The quantitative estimate of drug-likeness (QED) is 0.914. The minimum Gasteiger partial charge on any atom is -0.386 e. The van der Waals surface area contributed by atoms with Crippen molar-refractivity contribution in [2.45, 2.75) is 11.3 Å². The van der Waals surface area contributed by atoms with Crippen LogP contribution < -0.4 is 9.88 Å². The Balaban J connectivity index is 2.71. The highest BCUT2D eigenvalue weighted by molar-refractivity contribution is 7.89. The van der Waals surface area contributed by atoms with Gasteiger partial charge in [-0.25, -0.2) is 18.5 Å². The normalized spacial score (nSPS) is 12.6. The van der Waals surface area contributed by atoms with E-state index >= 15 is 0 Å². The Labute approximate surface area is 105 Å². The average molecular weight is 292 g/mol. The smallest absolute Gasteiger partial charge is 0.386 e. The van der Waals surface area contributed by atoms with Crippen molar-refractivity contribution in [3.05, 3.63) is 30.3 Å². The van der Waals surface area contributed by atoms with Crippen molar-refractivity contribution in [1.29, 1.82) is 0 Å². The summed E-state index contributed by atoms with van der Waals surface area (Å²) in [5.74, 6) is -1.09. The summed E-state index contributed by atoms with van der Waals surface area (Å²) in [5, 5.41) is 5.19. The molecule has 1 aromatic carbocycles. The zero-order valence-corrected chi connectivity index (χ0v) is 9.99. The number of para-hydroxylation sites is 1. The van der Waals surface area contributed by atoms with Gasteiger partial charge in [0.15, 0.2) is 0 Å². The van der Waals surface area contributed by atoms with E-state index in [1.54, 1.807) is 12.1 Å². The predicted molar refractivity (Wildman–Crippen MR) is 59.8 cm³/mol. The Bertz CT molecular complexity index is 728. The number of rotatable bonds is 2. The molecule has 19 heavy (non-hydrogen) atoms. The van der Waals surface area contributed by atoms with Crippen LogP contribution in [0.5, 0.6) is 5.88 Å². The van der Waals surface area contributed by atoms with E-state index in [1.807, 2.05) is 0 Å². The molecule has 1 aromatic heterocycles. The van der Waals surface area contributed by atoms with Crippen LogP contribution in [-0.2, 0) is 10.0 Å². The number of hydrogen-bond donors (Lipinski definition) is 1. The second kappa shape index (κ2) is 4.35. The molecule has 2 aromatic rings. The summed E-state index contributed by atoms with van der Waals surface area (Å²) in [7, 11) is -4.38. The van der Waals surface area contributed by atoms with Crippen LogP contribution in [0.4, 0.5) is 13.2 Å². The second-order valence-electron chi connectivity index (χ2n) is 3.58. The van der Waals surface area contributed by atoms with E-state index in [4.69, 9.17) is 5.14 Å². The SMILES string of the molecule is NS(=O)(=O)c1cc2ccccc2nc1OC(F)(F)F. The number of sulfonamides is 1. The van der Waals surface area contributed by atoms with Crippen LogP contribution in [0.15, 0.2) is 35.2 Å². The molecule has 2 rings (SSSR count). The third-order valence-electron chi connectivity index (χ3n) is 2.18. The third kappa shape index (κ3) is 3.12. The van der Waals surface area contributed by atoms with Gasteiger partial charge >= 0.3 is 6.36 Å². The van der Waals surface area contributed by atoms with Crippen molar-refractivity contribution in [2.24, 2.45) is 5.14 Å². The number of aromatic nitrogens is 1. The van der Waals surface area contributed by atoms with Gasteiger partial charge in [0.2, 0.25) is 15.9 Å². The van der Waals surface area contributed by atoms with Crippen molar-refractivity contribution in [1.82, 2.24) is 4.98 Å². The molecule has 5 nitrogen and oxygen atoms in total. The Morgan fingerprint density at radius 3 is 2.42 bits per heavy atom. The maximum Gasteiger partial charge on any atom is 0.574 e. The molecule has 0 fully saturated rings. The van der Waals surface area contributed by atoms with Crippen LogP contribution in [0, 0.1) is 0 Å². The number of benzene rings is 1. The van der Waals surface area contributed by atoms with Gasteiger partial charge in [0.05, 0.1) is 5.52 Å². The van der Waals surface area contributed by atoms with Crippen LogP contribution in [0.1, 0.15) is 0 Å². The number of nitrogens with two attached hydrogens (primary N) is 1. The Hall–Kier alpha value is -1.87. The summed E-state index contributed by atoms with van der Waals surface area (Å²) < 4.78 is 62.8. The summed E-state index contributed by atoms with van der Waals surface area (Å²) in [6, 6.07) is 7.03. The number of ether oxygens (including phenoxy) is 1. The van der Waals surface area contributed by atoms with Gasteiger partial charge in [-0.3, -0.25) is 0 Å². The summed E-state index contributed by atoms with van der Waals surface area (Å²) in [6.45, 7) is 0. The van der Waals surface area contributed by atoms with Gasteiger partial charge in [-0.15, -0.1) is 13.2 Å². The second-order valence-corrected chi connectivity index (χ2v) is 5.11. The first kappa shape index (κ1) is 13.6. The van der Waals surface area contributed by atoms with Crippen LogP contribution in [0.2, 0.25) is 0 Å². The van der Waals surface area contributed by atoms with Gasteiger partial charge in [0.1, 0.15) is 4.90 Å². The largest absolute Gasteiger partial charge is 0.574 e. The Kier molecular flexibility index (Phi) is 3.11. The van der Waals surface area contributed by atoms with Crippen molar-refractivity contribution in [3.63, 3.8) is 0 Å². The molecule has 0 aliphatic heterocycles. The zero-order valence-electron chi connectivity index (χ0n) is 9.18. The highest BCUT2D eigenvalue weighted by atomic mass is 32.2.